The van der Waals surface area contributed by atoms with Gasteiger partial charge in [-0.05, 0) is 61.1 Å². The smallest absolute Gasteiger partial charge is 0.255 e. The first kappa shape index (κ1) is 19.0. The number of fused-ring (bicyclic) bond motifs is 1. The number of nitrogens with zero attached hydrogens (tertiary/aromatic N) is 2. The molecule has 4 rings (SSSR count). The molecular formula is C22H27FN2O3. The van der Waals surface area contributed by atoms with E-state index in [1.165, 1.54) is 6.07 Å². The van der Waals surface area contributed by atoms with Crippen molar-refractivity contribution in [3.63, 3.8) is 0 Å². The Balaban J connectivity index is 1.28. The summed E-state index contributed by atoms with van der Waals surface area (Å²) in [6, 6.07) is 10.9. The van der Waals surface area contributed by atoms with Gasteiger partial charge in [-0.25, -0.2) is 4.98 Å². The summed E-state index contributed by atoms with van der Waals surface area (Å²) in [5, 5.41) is 9.31. The Bertz CT molecular complexity index is 800. The van der Waals surface area contributed by atoms with Crippen molar-refractivity contribution < 1.29 is 19.0 Å². The van der Waals surface area contributed by atoms with Crippen LogP contribution in [0.3, 0.4) is 0 Å². The van der Waals surface area contributed by atoms with E-state index in [1.807, 2.05) is 24.3 Å². The van der Waals surface area contributed by atoms with Crippen molar-refractivity contribution >= 4 is 0 Å². The Kier molecular flexibility index (Phi) is 5.40. The second-order valence-corrected chi connectivity index (χ2v) is 8.07. The van der Waals surface area contributed by atoms with Gasteiger partial charge in [0.25, 0.3) is 5.95 Å². The minimum Gasteiger partial charge on any atom is -0.504 e. The van der Waals surface area contributed by atoms with Gasteiger partial charge >= 0.3 is 0 Å². The van der Waals surface area contributed by atoms with Gasteiger partial charge in [0.05, 0.1) is 13.2 Å². The van der Waals surface area contributed by atoms with Gasteiger partial charge in [-0.1, -0.05) is 6.92 Å². The number of rotatable bonds is 6. The van der Waals surface area contributed by atoms with Gasteiger partial charge < -0.3 is 19.5 Å². The van der Waals surface area contributed by atoms with Crippen LogP contribution >= 0.6 is 0 Å². The number of hydrogen-bond acceptors (Lipinski definition) is 5. The molecule has 2 aromatic rings. The number of benzene rings is 1. The molecule has 0 amide bonds. The van der Waals surface area contributed by atoms with Crippen molar-refractivity contribution in [3.8, 4) is 17.2 Å². The van der Waals surface area contributed by atoms with E-state index in [2.05, 4.69) is 16.8 Å². The number of aromatic hydroxyl groups is 1. The number of likely N-dealkylation sites (tertiary alicyclic amines) is 1. The average molecular weight is 386 g/mol. The molecule has 1 unspecified atom stereocenters. The predicted octanol–water partition coefficient (Wildman–Crippen LogP) is 3.83. The van der Waals surface area contributed by atoms with Crippen LogP contribution in [0.2, 0.25) is 0 Å². The fraction of sp³-hybridized carbons (Fsp3) is 0.500. The van der Waals surface area contributed by atoms with Gasteiger partial charge in [-0.3, -0.25) is 0 Å². The fourth-order valence-electron chi connectivity index (χ4n) is 4.63. The highest BCUT2D eigenvalue weighted by molar-refractivity contribution is 5.31. The molecule has 0 spiro atoms. The number of hydrogen-bond donors (Lipinski definition) is 1. The number of ether oxygens (including phenoxy) is 2. The van der Waals surface area contributed by atoms with Gasteiger partial charge in [0.2, 0.25) is 0 Å². The van der Waals surface area contributed by atoms with E-state index in [-0.39, 0.29) is 12.0 Å². The summed E-state index contributed by atoms with van der Waals surface area (Å²) in [5.41, 5.74) is 0.688. The van der Waals surface area contributed by atoms with Crippen molar-refractivity contribution in [2.24, 2.45) is 11.8 Å². The van der Waals surface area contributed by atoms with Crippen LogP contribution in [0.25, 0.3) is 0 Å². The van der Waals surface area contributed by atoms with Crippen molar-refractivity contribution in [2.45, 2.75) is 31.8 Å². The lowest BCUT2D eigenvalue weighted by Crippen LogP contribution is -2.28. The van der Waals surface area contributed by atoms with Crippen molar-refractivity contribution in [1.29, 1.82) is 0 Å². The minimum atomic E-state index is -0.791. The Morgan fingerprint density at radius 3 is 2.36 bits per heavy atom. The lowest BCUT2D eigenvalue weighted by Gasteiger charge is -2.23. The van der Waals surface area contributed by atoms with Gasteiger partial charge in [0.15, 0.2) is 5.75 Å². The van der Waals surface area contributed by atoms with E-state index in [0.29, 0.717) is 17.5 Å². The molecule has 1 aliphatic heterocycles. The molecule has 150 valence electrons. The first-order chi connectivity index (χ1) is 13.5. The summed E-state index contributed by atoms with van der Waals surface area (Å²) in [5.74, 6) is 1.98. The van der Waals surface area contributed by atoms with Gasteiger partial charge in [0.1, 0.15) is 11.5 Å². The third kappa shape index (κ3) is 4.07. The number of pyridine rings is 1. The molecule has 1 saturated carbocycles. The van der Waals surface area contributed by atoms with Crippen LogP contribution in [0.1, 0.15) is 31.4 Å². The van der Waals surface area contributed by atoms with Crippen LogP contribution in [-0.2, 0) is 0 Å². The minimum absolute atomic E-state index is 0.125. The maximum absolute atomic E-state index is 13.5. The summed E-state index contributed by atoms with van der Waals surface area (Å²) < 4.78 is 24.9. The standard InChI is InChI=1S/C22H27FN2O3/c1-14(20-7-8-21(26)22(23)24-20)11-25-12-15-9-19(10-16(15)13-25)28-18-5-3-17(27-2)4-6-18/h3-8,14-16,19,26H,9-13H2,1-2H3/t14?,15-,16+,19+. The van der Waals surface area contributed by atoms with Gasteiger partial charge in [-0.2, -0.15) is 4.39 Å². The summed E-state index contributed by atoms with van der Waals surface area (Å²) in [6.45, 7) is 5.02. The molecule has 2 heterocycles. The Hall–Kier alpha value is -2.34. The SMILES string of the molecule is COc1ccc(O[C@H]2C[C@@H]3CN(CC(C)c4ccc(O)c(F)n4)C[C@@H]3C2)cc1. The third-order valence-corrected chi connectivity index (χ3v) is 6.03. The molecule has 1 aliphatic carbocycles. The van der Waals surface area contributed by atoms with Gasteiger partial charge in [0, 0.05) is 31.2 Å². The fourth-order valence-corrected chi connectivity index (χ4v) is 4.63. The summed E-state index contributed by atoms with van der Waals surface area (Å²) in [4.78, 5) is 6.34. The van der Waals surface area contributed by atoms with Crippen molar-refractivity contribution in [2.75, 3.05) is 26.7 Å². The van der Waals surface area contributed by atoms with Crippen LogP contribution in [-0.4, -0.2) is 47.8 Å². The topological polar surface area (TPSA) is 54.8 Å². The van der Waals surface area contributed by atoms with Crippen molar-refractivity contribution in [3.05, 3.63) is 48.0 Å². The maximum atomic E-state index is 13.5. The van der Waals surface area contributed by atoms with Crippen LogP contribution in [0, 0.1) is 17.8 Å². The molecule has 5 nitrogen and oxygen atoms in total. The summed E-state index contributed by atoms with van der Waals surface area (Å²) in [7, 11) is 1.66. The van der Waals surface area contributed by atoms with E-state index < -0.39 is 11.7 Å². The van der Waals surface area contributed by atoms with E-state index in [9.17, 15) is 9.50 Å². The molecule has 28 heavy (non-hydrogen) atoms. The highest BCUT2D eigenvalue weighted by Crippen LogP contribution is 2.40. The second-order valence-electron chi connectivity index (χ2n) is 8.07. The quantitative estimate of drug-likeness (QED) is 0.765. The van der Waals surface area contributed by atoms with Crippen LogP contribution in [0.4, 0.5) is 4.39 Å². The number of halogens is 1. The summed E-state index contributed by atoms with van der Waals surface area (Å²) in [6.07, 6.45) is 2.43. The lowest BCUT2D eigenvalue weighted by atomic mass is 10.0. The first-order valence-electron chi connectivity index (χ1n) is 9.90. The molecule has 6 heteroatoms. The second kappa shape index (κ2) is 7.95. The average Bonchev–Trinajstić information content (AvgIpc) is 3.22. The maximum Gasteiger partial charge on any atom is 0.255 e. The first-order valence-corrected chi connectivity index (χ1v) is 9.90. The predicted molar refractivity (Wildman–Crippen MR) is 104 cm³/mol. The van der Waals surface area contributed by atoms with E-state index >= 15 is 0 Å². The van der Waals surface area contributed by atoms with E-state index in [0.717, 1.165) is 44.0 Å². The zero-order valence-electron chi connectivity index (χ0n) is 16.3. The molecule has 0 radical (unpaired) electrons. The molecule has 1 saturated heterocycles. The molecule has 1 aromatic heterocycles. The highest BCUT2D eigenvalue weighted by atomic mass is 19.1. The molecule has 0 bridgehead atoms. The van der Waals surface area contributed by atoms with Crippen LogP contribution < -0.4 is 9.47 Å². The van der Waals surface area contributed by atoms with Crippen LogP contribution in [0.15, 0.2) is 36.4 Å². The van der Waals surface area contributed by atoms with Gasteiger partial charge in [-0.15, -0.1) is 0 Å². The molecule has 4 atom stereocenters. The number of methoxy groups -OCH3 is 1. The van der Waals surface area contributed by atoms with E-state index in [1.54, 1.807) is 13.2 Å². The van der Waals surface area contributed by atoms with Crippen molar-refractivity contribution in [1.82, 2.24) is 9.88 Å². The monoisotopic (exact) mass is 386 g/mol. The van der Waals surface area contributed by atoms with E-state index in [4.69, 9.17) is 9.47 Å². The molecule has 2 aliphatic rings. The number of aromatic nitrogens is 1. The summed E-state index contributed by atoms with van der Waals surface area (Å²) >= 11 is 0. The molecular weight excluding hydrogens is 359 g/mol. The Morgan fingerprint density at radius 1 is 1.11 bits per heavy atom. The lowest BCUT2D eigenvalue weighted by molar-refractivity contribution is 0.184. The third-order valence-electron chi connectivity index (χ3n) is 6.03. The molecule has 1 N–H and O–H groups in total. The Morgan fingerprint density at radius 2 is 1.75 bits per heavy atom. The normalized spacial score (nSPS) is 25.5. The largest absolute Gasteiger partial charge is 0.504 e. The van der Waals surface area contributed by atoms with Crippen LogP contribution in [0.5, 0.6) is 17.2 Å². The zero-order valence-corrected chi connectivity index (χ0v) is 16.3. The zero-order chi connectivity index (χ0) is 19.7. The highest BCUT2D eigenvalue weighted by Gasteiger charge is 2.42. The molecule has 2 fully saturated rings. The molecule has 1 aromatic carbocycles. The Labute approximate surface area is 165 Å².